The number of hydrogen-bond donors (Lipinski definition) is 0. The van der Waals surface area contributed by atoms with Crippen molar-refractivity contribution in [3.63, 3.8) is 0 Å². The Morgan fingerprint density at radius 1 is 1.29 bits per heavy atom. The third kappa shape index (κ3) is 44.4. The van der Waals surface area contributed by atoms with E-state index in [0.717, 1.165) is 0 Å². The van der Waals surface area contributed by atoms with Crippen molar-refractivity contribution in [3.8, 4) is 0 Å². The van der Waals surface area contributed by atoms with E-state index >= 15 is 0 Å². The molecule has 0 radical (unpaired) electrons. The largest absolute Gasteiger partial charge is 2.00 e. The van der Waals surface area contributed by atoms with Gasteiger partial charge in [0, 0.05) is 0 Å². The van der Waals surface area contributed by atoms with Crippen molar-refractivity contribution < 1.29 is 78.8 Å². The van der Waals surface area contributed by atoms with E-state index in [0.29, 0.717) is 0 Å². The van der Waals surface area contributed by atoms with Crippen LogP contribution >= 0.6 is 0 Å². The van der Waals surface area contributed by atoms with Gasteiger partial charge in [0.1, 0.15) is 0 Å². The van der Waals surface area contributed by atoms with Gasteiger partial charge in [0.25, 0.3) is 0 Å². The summed E-state index contributed by atoms with van der Waals surface area (Å²) in [5, 5.41) is 0. The van der Waals surface area contributed by atoms with E-state index in [1.807, 2.05) is 0 Å². The molecule has 0 saturated carbocycles. The number of hydrogen-bond acceptors (Lipinski definition) is 3. The molecule has 0 amide bonds. The Bertz CT molecular complexity index is 37.9. The van der Waals surface area contributed by atoms with Crippen LogP contribution in [-0.4, -0.2) is 45.5 Å². The summed E-state index contributed by atoms with van der Waals surface area (Å²) in [7, 11) is 0. The first-order valence-electron chi connectivity index (χ1n) is 0.463. The van der Waals surface area contributed by atoms with Crippen molar-refractivity contribution in [3.05, 3.63) is 0 Å². The monoisotopic (exact) mass is 388 g/mol. The van der Waals surface area contributed by atoms with Crippen molar-refractivity contribution in [1.82, 2.24) is 0 Å². The molecule has 0 N–H and O–H groups in total. The van der Waals surface area contributed by atoms with Crippen LogP contribution < -0.4 is 8.38 Å². The van der Waals surface area contributed by atoms with Crippen molar-refractivity contribution in [2.75, 3.05) is 0 Å². The summed E-state index contributed by atoms with van der Waals surface area (Å²) in [6, 6.07) is 0. The van der Waals surface area contributed by atoms with Gasteiger partial charge in [-0.15, -0.1) is 0 Å². The quantitative estimate of drug-likeness (QED) is 0.419. The fourth-order valence-electron chi connectivity index (χ4n) is 0. The molecule has 0 aliphatic rings. The maximum absolute atomic E-state index is 8.52. The molecule has 0 saturated heterocycles. The molecular weight excluding hydrogens is 388 g/mol. The topological polar surface area (TPSA) is 63.2 Å². The molecule has 0 aromatic heterocycles. The minimum Gasteiger partial charge on any atom is 2.00 e. The van der Waals surface area contributed by atoms with Gasteiger partial charge in [0.05, 0.1) is 0 Å². The standard InChI is InChI=1S/La.Mn.Ni.3O.Sr/q+3;;+2;;2*-1;+2. The zero-order valence-corrected chi connectivity index (χ0v) is 12.5. The van der Waals surface area contributed by atoms with Crippen molar-refractivity contribution in [2.45, 2.75) is 0 Å². The van der Waals surface area contributed by atoms with Gasteiger partial charge in [-0.1, -0.05) is 0 Å². The molecule has 7 heteroatoms. The van der Waals surface area contributed by atoms with Gasteiger partial charge in [0.15, 0.2) is 0 Å². The van der Waals surface area contributed by atoms with Crippen molar-refractivity contribution in [2.24, 2.45) is 0 Å². The first-order chi connectivity index (χ1) is 1.73. The molecule has 0 heterocycles. The molecule has 0 aromatic carbocycles. The zero-order valence-electron chi connectivity index (χ0n) is 3.20. The maximum atomic E-state index is 8.52. The van der Waals surface area contributed by atoms with E-state index in [9.17, 15) is 0 Å². The fourth-order valence-corrected chi connectivity index (χ4v) is 0. The Morgan fingerprint density at radius 2 is 1.29 bits per heavy atom. The molecule has 0 aliphatic heterocycles. The van der Waals surface area contributed by atoms with Crippen molar-refractivity contribution in [1.29, 1.82) is 0 Å². The first kappa shape index (κ1) is 22.4. The van der Waals surface area contributed by atoms with E-state index in [2.05, 4.69) is 0 Å². The van der Waals surface area contributed by atoms with Crippen LogP contribution in [0.2, 0.25) is 0 Å². The third-order valence-electron chi connectivity index (χ3n) is 0. The summed E-state index contributed by atoms with van der Waals surface area (Å²) < 4.78 is 25.6. The summed E-state index contributed by atoms with van der Waals surface area (Å²) in [5.74, 6) is 0. The normalized spacial score (nSPS) is 5.00. The molecule has 0 atom stereocenters. The second-order valence-corrected chi connectivity index (χ2v) is 0.779. The maximum Gasteiger partial charge on any atom is 2.00 e. The van der Waals surface area contributed by atoms with Gasteiger partial charge in [-0.2, -0.15) is 0 Å². The van der Waals surface area contributed by atoms with Crippen LogP contribution in [0.3, 0.4) is 0 Å². The summed E-state index contributed by atoms with van der Waals surface area (Å²) in [5.41, 5.74) is 0. The predicted molar refractivity (Wildman–Crippen MR) is 6.44 cm³/mol. The average Bonchev–Trinajstić information content (AvgIpc) is 0.811. The fraction of sp³-hybridized carbons (Fsp3) is 0. The summed E-state index contributed by atoms with van der Waals surface area (Å²) in [4.78, 5) is 0. The van der Waals surface area contributed by atoms with Gasteiger partial charge in [-0.3, -0.25) is 0 Å². The second-order valence-electron chi connectivity index (χ2n) is 0.189. The van der Waals surface area contributed by atoms with Crippen LogP contribution in [0.25, 0.3) is 0 Å². The van der Waals surface area contributed by atoms with Crippen LogP contribution in [-0.2, 0) is 34.8 Å². The summed E-state index contributed by atoms with van der Waals surface area (Å²) in [6.45, 7) is 0. The smallest absolute Gasteiger partial charge is 2.00 e. The molecule has 35 valence electrons. The van der Waals surface area contributed by atoms with Crippen LogP contribution in [0.1, 0.15) is 0 Å². The van der Waals surface area contributed by atoms with E-state index in [1.54, 1.807) is 0 Å². The second kappa shape index (κ2) is 16.2. The summed E-state index contributed by atoms with van der Waals surface area (Å²) >= 11 is -3.65. The Balaban J connectivity index is -0.0000000150. The Hall–Kier alpha value is 3.41. The molecule has 0 bridgehead atoms. The van der Waals surface area contributed by atoms with Gasteiger partial charge in [0.2, 0.25) is 0 Å². The van der Waals surface area contributed by atoms with Gasteiger partial charge < -0.3 is 0 Å². The average molecular weight is 388 g/mol. The minimum absolute atomic E-state index is 0. The van der Waals surface area contributed by atoms with E-state index in [-0.39, 0.29) is 97.6 Å². The SMILES string of the molecule is [La+3].[Ni+2].[O]=[Mn]([O-])[O-].[Sr+2]. The van der Waals surface area contributed by atoms with Crippen LogP contribution in [0.4, 0.5) is 0 Å². The molecule has 3 nitrogen and oxygen atoms in total. The van der Waals surface area contributed by atoms with Gasteiger partial charge >= 0.3 is 124 Å². The van der Waals surface area contributed by atoms with Gasteiger partial charge in [-0.25, -0.2) is 0 Å². The van der Waals surface area contributed by atoms with E-state index in [4.69, 9.17) is 12.2 Å². The first-order valence-corrected chi connectivity index (χ1v) is 1.91. The Morgan fingerprint density at radius 3 is 1.29 bits per heavy atom. The van der Waals surface area contributed by atoms with Crippen LogP contribution in [0.5, 0.6) is 0 Å². The molecule has 0 fully saturated rings. The molecular formula is LaMnNiO3Sr+5. The molecule has 0 aliphatic carbocycles. The van der Waals surface area contributed by atoms with E-state index in [1.165, 1.54) is 0 Å². The molecule has 0 spiro atoms. The van der Waals surface area contributed by atoms with Crippen LogP contribution in [0, 0.1) is 35.6 Å². The minimum atomic E-state index is -3.65. The third-order valence-corrected chi connectivity index (χ3v) is 0. The van der Waals surface area contributed by atoms with Gasteiger partial charge in [-0.05, 0) is 0 Å². The van der Waals surface area contributed by atoms with Crippen molar-refractivity contribution >= 4 is 45.5 Å². The zero-order chi connectivity index (χ0) is 3.58. The Labute approximate surface area is 121 Å². The Kier molecular flexibility index (Phi) is 51.9. The van der Waals surface area contributed by atoms with Crippen LogP contribution in [0.15, 0.2) is 0 Å². The number of rotatable bonds is 0. The summed E-state index contributed by atoms with van der Waals surface area (Å²) in [6.07, 6.45) is 0. The molecule has 7 heavy (non-hydrogen) atoms. The molecule has 0 unspecified atom stereocenters. The van der Waals surface area contributed by atoms with E-state index < -0.39 is 14.5 Å². The molecule has 0 rings (SSSR count). The predicted octanol–water partition coefficient (Wildman–Crippen LogP) is -2.88. The molecule has 0 aromatic rings.